The lowest BCUT2D eigenvalue weighted by Gasteiger charge is -2.27. The van der Waals surface area contributed by atoms with E-state index in [2.05, 4.69) is 194 Å². The largest absolute Gasteiger partial charge is 0.456 e. The molecular formula is C58H38N2O3. The molecule has 0 aliphatic rings. The number of furan rings is 3. The number of hydrogen-bond donors (Lipinski definition) is 0. The Balaban J connectivity index is 1.11. The maximum Gasteiger partial charge on any atom is 0.159 e. The predicted octanol–water partition coefficient (Wildman–Crippen LogP) is 17.2. The van der Waals surface area contributed by atoms with Crippen molar-refractivity contribution in [1.82, 2.24) is 0 Å². The Morgan fingerprint density at radius 2 is 0.651 bits per heavy atom. The SMILES string of the molecule is Cc1ccc(N(c2cc3oc4cc(N(c5ccc(C)cc5)c5cccc6c5oc5ccccc56)c5ccccc5c4c3c3ccccc23)c2cccc3c2oc2ccccc23)cc1. The number of fused-ring (bicyclic) bond motifs is 13. The van der Waals surface area contributed by atoms with Gasteiger partial charge in [0.1, 0.15) is 22.3 Å². The summed E-state index contributed by atoms with van der Waals surface area (Å²) < 4.78 is 20.6. The molecule has 3 heterocycles. The summed E-state index contributed by atoms with van der Waals surface area (Å²) in [5.41, 5.74) is 13.3. The van der Waals surface area contributed by atoms with E-state index < -0.39 is 0 Å². The van der Waals surface area contributed by atoms with Crippen LogP contribution in [0.25, 0.3) is 87.4 Å². The summed E-state index contributed by atoms with van der Waals surface area (Å²) in [4.78, 5) is 4.66. The van der Waals surface area contributed by atoms with Gasteiger partial charge in [-0.05, 0) is 73.2 Å². The number of rotatable bonds is 6. The molecule has 0 atom stereocenters. The quantitative estimate of drug-likeness (QED) is 0.167. The van der Waals surface area contributed by atoms with Crippen molar-refractivity contribution in [3.63, 3.8) is 0 Å². The number of benzene rings is 10. The van der Waals surface area contributed by atoms with Crippen molar-refractivity contribution in [1.29, 1.82) is 0 Å². The molecule has 0 radical (unpaired) electrons. The summed E-state index contributed by atoms with van der Waals surface area (Å²) in [6, 6.07) is 68.7. The van der Waals surface area contributed by atoms with Crippen LogP contribution in [0.15, 0.2) is 207 Å². The molecule has 0 bridgehead atoms. The molecule has 0 saturated heterocycles. The van der Waals surface area contributed by atoms with Gasteiger partial charge in [-0.3, -0.25) is 0 Å². The van der Waals surface area contributed by atoms with Gasteiger partial charge in [0.2, 0.25) is 0 Å². The van der Waals surface area contributed by atoms with Crippen molar-refractivity contribution < 1.29 is 13.3 Å². The summed E-state index contributed by atoms with van der Waals surface area (Å²) >= 11 is 0. The Morgan fingerprint density at radius 1 is 0.286 bits per heavy atom. The standard InChI is InChI=1S/C58H38N2O3/c1-35-25-29-37(30-26-35)59(47-21-11-19-45-41-15-7-9-23-51(41)62-57(45)47)49-33-53-55(43-17-5-3-13-39(43)49)56-44-18-6-4-14-40(44)50(34-54(56)61-53)60(38-31-27-36(2)28-32-38)48-22-12-20-46-42-16-8-10-24-52(42)63-58(46)48/h3-34H,1-2H3. The summed E-state index contributed by atoms with van der Waals surface area (Å²) in [5, 5.41) is 10.9. The fourth-order valence-corrected chi connectivity index (χ4v) is 9.85. The van der Waals surface area contributed by atoms with Crippen LogP contribution in [0.1, 0.15) is 11.1 Å². The van der Waals surface area contributed by atoms with Gasteiger partial charge in [0.15, 0.2) is 11.2 Å². The summed E-state index contributed by atoms with van der Waals surface area (Å²) in [5.74, 6) is 0. The van der Waals surface area contributed by atoms with Gasteiger partial charge in [-0.15, -0.1) is 0 Å². The van der Waals surface area contributed by atoms with E-state index in [-0.39, 0.29) is 0 Å². The van der Waals surface area contributed by atoms with Crippen LogP contribution < -0.4 is 9.80 Å². The summed E-state index contributed by atoms with van der Waals surface area (Å²) in [6.45, 7) is 4.25. The van der Waals surface area contributed by atoms with Crippen LogP contribution in [0, 0.1) is 13.8 Å². The van der Waals surface area contributed by atoms with Gasteiger partial charge in [0.05, 0.1) is 22.7 Å². The lowest BCUT2D eigenvalue weighted by Crippen LogP contribution is -2.11. The zero-order valence-electron chi connectivity index (χ0n) is 34.6. The van der Waals surface area contributed by atoms with Gasteiger partial charge in [-0.1, -0.05) is 145 Å². The van der Waals surface area contributed by atoms with Gasteiger partial charge in [-0.2, -0.15) is 0 Å². The maximum atomic E-state index is 7.20. The third kappa shape index (κ3) is 5.36. The molecule has 5 nitrogen and oxygen atoms in total. The first-order valence-corrected chi connectivity index (χ1v) is 21.4. The first-order valence-electron chi connectivity index (χ1n) is 21.4. The number of aryl methyl sites for hydroxylation is 2. The molecule has 63 heavy (non-hydrogen) atoms. The second-order valence-electron chi connectivity index (χ2n) is 16.6. The zero-order valence-corrected chi connectivity index (χ0v) is 34.6. The van der Waals surface area contributed by atoms with Gasteiger partial charge < -0.3 is 23.1 Å². The van der Waals surface area contributed by atoms with E-state index >= 15 is 0 Å². The number of anilines is 6. The molecule has 0 unspecified atom stereocenters. The number of para-hydroxylation sites is 4. The van der Waals surface area contributed by atoms with Gasteiger partial charge in [0, 0.05) is 66.6 Å². The highest BCUT2D eigenvalue weighted by molar-refractivity contribution is 6.30. The molecule has 0 aliphatic carbocycles. The minimum Gasteiger partial charge on any atom is -0.456 e. The van der Waals surface area contributed by atoms with Gasteiger partial charge >= 0.3 is 0 Å². The molecule has 0 fully saturated rings. The molecule has 0 amide bonds. The van der Waals surface area contributed by atoms with E-state index in [0.717, 1.165) is 121 Å². The molecule has 13 rings (SSSR count). The summed E-state index contributed by atoms with van der Waals surface area (Å²) in [7, 11) is 0. The first-order chi connectivity index (χ1) is 31.1. The molecular weight excluding hydrogens is 773 g/mol. The van der Waals surface area contributed by atoms with Crippen molar-refractivity contribution in [2.45, 2.75) is 13.8 Å². The molecule has 5 heteroatoms. The Hall–Kier alpha value is -8.28. The van der Waals surface area contributed by atoms with E-state index in [1.54, 1.807) is 0 Å². The van der Waals surface area contributed by atoms with Crippen LogP contribution in [0.4, 0.5) is 34.1 Å². The average molecular weight is 811 g/mol. The normalized spacial score (nSPS) is 12.0. The topological polar surface area (TPSA) is 45.9 Å². The van der Waals surface area contributed by atoms with Crippen molar-refractivity contribution >= 4 is 121 Å². The number of hydrogen-bond acceptors (Lipinski definition) is 5. The Labute approximate surface area is 362 Å². The van der Waals surface area contributed by atoms with Crippen molar-refractivity contribution in [3.8, 4) is 0 Å². The molecule has 13 aromatic rings. The second-order valence-corrected chi connectivity index (χ2v) is 16.6. The van der Waals surface area contributed by atoms with E-state index in [9.17, 15) is 0 Å². The van der Waals surface area contributed by atoms with Crippen molar-refractivity contribution in [2.24, 2.45) is 0 Å². The maximum absolute atomic E-state index is 7.20. The van der Waals surface area contributed by atoms with Crippen LogP contribution in [0.5, 0.6) is 0 Å². The molecule has 0 spiro atoms. The van der Waals surface area contributed by atoms with Crippen LogP contribution in [-0.4, -0.2) is 0 Å². The minimum atomic E-state index is 0.802. The third-order valence-corrected chi connectivity index (χ3v) is 12.8. The molecule has 298 valence electrons. The number of nitrogens with zero attached hydrogens (tertiary/aromatic N) is 2. The van der Waals surface area contributed by atoms with Crippen LogP contribution in [0.3, 0.4) is 0 Å². The predicted molar refractivity (Wildman–Crippen MR) is 262 cm³/mol. The van der Waals surface area contributed by atoms with E-state index in [4.69, 9.17) is 13.3 Å². The van der Waals surface area contributed by atoms with Crippen LogP contribution >= 0.6 is 0 Å². The smallest absolute Gasteiger partial charge is 0.159 e. The van der Waals surface area contributed by atoms with Gasteiger partial charge in [0.25, 0.3) is 0 Å². The minimum absolute atomic E-state index is 0.802. The highest BCUT2D eigenvalue weighted by Crippen LogP contribution is 2.51. The lowest BCUT2D eigenvalue weighted by atomic mass is 9.96. The molecule has 0 aliphatic heterocycles. The monoisotopic (exact) mass is 810 g/mol. The van der Waals surface area contributed by atoms with E-state index in [0.29, 0.717) is 0 Å². The molecule has 0 N–H and O–H groups in total. The highest BCUT2D eigenvalue weighted by Gasteiger charge is 2.27. The molecule has 0 saturated carbocycles. The van der Waals surface area contributed by atoms with Crippen LogP contribution in [0.2, 0.25) is 0 Å². The Bertz CT molecular complexity index is 3690. The summed E-state index contributed by atoms with van der Waals surface area (Å²) in [6.07, 6.45) is 0. The van der Waals surface area contributed by atoms with E-state index in [1.165, 1.54) is 11.1 Å². The van der Waals surface area contributed by atoms with E-state index in [1.807, 2.05) is 24.3 Å². The van der Waals surface area contributed by atoms with Crippen LogP contribution in [-0.2, 0) is 0 Å². The molecule has 10 aromatic carbocycles. The fraction of sp³-hybridized carbons (Fsp3) is 0.0345. The molecule has 3 aromatic heterocycles. The Morgan fingerprint density at radius 3 is 1.08 bits per heavy atom. The third-order valence-electron chi connectivity index (χ3n) is 12.8. The fourth-order valence-electron chi connectivity index (χ4n) is 9.85. The average Bonchev–Trinajstić information content (AvgIpc) is 4.03. The second kappa shape index (κ2) is 13.6. The lowest BCUT2D eigenvalue weighted by molar-refractivity contribution is 0.667. The van der Waals surface area contributed by atoms with Crippen molar-refractivity contribution in [2.75, 3.05) is 9.80 Å². The first kappa shape index (κ1) is 35.5. The highest BCUT2D eigenvalue weighted by atomic mass is 16.3. The zero-order chi connectivity index (χ0) is 41.8. The van der Waals surface area contributed by atoms with Crippen molar-refractivity contribution in [3.05, 3.63) is 205 Å². The Kier molecular flexibility index (Phi) is 7.67. The van der Waals surface area contributed by atoms with Gasteiger partial charge in [-0.25, -0.2) is 0 Å².